The number of rotatable bonds is 2. The third-order valence-corrected chi connectivity index (χ3v) is 10.2. The van der Waals surface area contributed by atoms with Gasteiger partial charge in [-0.05, 0) is 145 Å². The van der Waals surface area contributed by atoms with Crippen LogP contribution >= 0.6 is 0 Å². The number of fused-ring (bicyclic) bond motifs is 2. The summed E-state index contributed by atoms with van der Waals surface area (Å²) < 4.78 is 6.31. The van der Waals surface area contributed by atoms with E-state index in [0.717, 1.165) is 41.4 Å². The van der Waals surface area contributed by atoms with Crippen molar-refractivity contribution in [1.29, 1.82) is 0 Å². The Morgan fingerprint density at radius 1 is 0.578 bits per heavy atom. The SMILES string of the molecule is CC(C)(C)C1CCC(O)CC1.Cc1cc(O)cc2ccccc12.Cc1cc(OC2CCC(C(C)(C)C)CC2)cc2ccccc12. The Bertz CT molecular complexity index is 1510. The number of aliphatic hydroxyl groups excluding tert-OH is 1. The number of phenols is 1. The minimum atomic E-state index is -0.00593. The first-order valence-electron chi connectivity index (χ1n) is 17.2. The molecule has 3 heteroatoms. The molecule has 4 aromatic rings. The van der Waals surface area contributed by atoms with Gasteiger partial charge >= 0.3 is 0 Å². The van der Waals surface area contributed by atoms with Crippen molar-refractivity contribution in [3.05, 3.63) is 83.9 Å². The van der Waals surface area contributed by atoms with Crippen molar-refractivity contribution in [3.8, 4) is 11.5 Å². The molecule has 0 saturated heterocycles. The highest BCUT2D eigenvalue weighted by molar-refractivity contribution is 5.87. The minimum Gasteiger partial charge on any atom is -0.508 e. The van der Waals surface area contributed by atoms with E-state index in [0.29, 0.717) is 22.7 Å². The highest BCUT2D eigenvalue weighted by atomic mass is 16.5. The van der Waals surface area contributed by atoms with E-state index in [2.05, 4.69) is 90.9 Å². The molecule has 2 N–H and O–H groups in total. The van der Waals surface area contributed by atoms with Gasteiger partial charge in [-0.3, -0.25) is 0 Å². The van der Waals surface area contributed by atoms with E-state index in [1.807, 2.05) is 25.1 Å². The van der Waals surface area contributed by atoms with Crippen LogP contribution in [0, 0.1) is 36.5 Å². The van der Waals surface area contributed by atoms with E-state index >= 15 is 0 Å². The van der Waals surface area contributed by atoms with Crippen molar-refractivity contribution >= 4 is 21.5 Å². The molecule has 0 atom stereocenters. The van der Waals surface area contributed by atoms with Crippen LogP contribution in [-0.4, -0.2) is 22.4 Å². The van der Waals surface area contributed by atoms with Gasteiger partial charge in [0, 0.05) is 0 Å². The van der Waals surface area contributed by atoms with Gasteiger partial charge in [0.25, 0.3) is 0 Å². The van der Waals surface area contributed by atoms with Gasteiger partial charge in [0.05, 0.1) is 12.2 Å². The minimum absolute atomic E-state index is 0.00593. The molecule has 0 spiro atoms. The van der Waals surface area contributed by atoms with Crippen LogP contribution in [0.4, 0.5) is 0 Å². The van der Waals surface area contributed by atoms with Gasteiger partial charge < -0.3 is 14.9 Å². The second kappa shape index (κ2) is 15.0. The molecule has 0 heterocycles. The van der Waals surface area contributed by atoms with Gasteiger partial charge in [-0.2, -0.15) is 0 Å². The molecule has 0 radical (unpaired) electrons. The Balaban J connectivity index is 0.000000169. The van der Waals surface area contributed by atoms with E-state index in [-0.39, 0.29) is 6.10 Å². The molecule has 244 valence electrons. The molecule has 6 rings (SSSR count). The lowest BCUT2D eigenvalue weighted by atomic mass is 9.72. The maximum absolute atomic E-state index is 9.31. The standard InChI is InChI=1S/C21H28O.C11H10O.C10H20O/c1-15-13-19(14-16-7-5-6-8-20(15)16)22-18-11-9-17(10-12-18)21(2,3)4;1-8-6-10(12)7-9-4-2-3-5-11(8)9;1-10(2,3)8-4-6-9(11)7-5-8/h5-8,13-14,17-18H,9-12H2,1-4H3;2-7,12H,1H3;8-9,11H,4-7H2,1-3H3. The lowest BCUT2D eigenvalue weighted by molar-refractivity contribution is 0.0725. The van der Waals surface area contributed by atoms with Crippen LogP contribution in [0.2, 0.25) is 0 Å². The van der Waals surface area contributed by atoms with Crippen molar-refractivity contribution in [1.82, 2.24) is 0 Å². The van der Waals surface area contributed by atoms with Gasteiger partial charge in [-0.15, -0.1) is 0 Å². The van der Waals surface area contributed by atoms with Crippen LogP contribution in [0.25, 0.3) is 21.5 Å². The number of ether oxygens (including phenoxy) is 1. The Morgan fingerprint density at radius 2 is 1.02 bits per heavy atom. The van der Waals surface area contributed by atoms with Gasteiger partial charge in [0.15, 0.2) is 0 Å². The molecule has 0 bridgehead atoms. The van der Waals surface area contributed by atoms with Crippen molar-refractivity contribution in [2.75, 3.05) is 0 Å². The zero-order chi connectivity index (χ0) is 32.8. The number of aromatic hydroxyl groups is 1. The van der Waals surface area contributed by atoms with Crippen LogP contribution in [0.3, 0.4) is 0 Å². The molecule has 4 aromatic carbocycles. The number of hydrogen-bond acceptors (Lipinski definition) is 3. The summed E-state index contributed by atoms with van der Waals surface area (Å²) in [6, 6.07) is 24.5. The number of hydrogen-bond donors (Lipinski definition) is 2. The van der Waals surface area contributed by atoms with Gasteiger partial charge in [-0.1, -0.05) is 90.1 Å². The molecule has 2 fully saturated rings. The number of aliphatic hydroxyl groups is 1. The van der Waals surface area contributed by atoms with Crippen molar-refractivity contribution in [3.63, 3.8) is 0 Å². The zero-order valence-corrected chi connectivity index (χ0v) is 29.2. The number of benzene rings is 4. The summed E-state index contributed by atoms with van der Waals surface area (Å²) in [5.74, 6) is 3.04. The molecule has 2 aliphatic carbocycles. The molecule has 3 nitrogen and oxygen atoms in total. The molecule has 2 aliphatic rings. The second-order valence-corrected chi connectivity index (χ2v) is 15.8. The topological polar surface area (TPSA) is 49.7 Å². The normalized spacial score (nSPS) is 22.2. The fourth-order valence-electron chi connectivity index (χ4n) is 7.20. The molecule has 0 amide bonds. The summed E-state index contributed by atoms with van der Waals surface area (Å²) in [6.45, 7) is 18.2. The lowest BCUT2D eigenvalue weighted by Gasteiger charge is -2.37. The first-order chi connectivity index (χ1) is 21.2. The van der Waals surface area contributed by atoms with Gasteiger partial charge in [0.1, 0.15) is 11.5 Å². The molecule has 2 saturated carbocycles. The molecule has 45 heavy (non-hydrogen) atoms. The smallest absolute Gasteiger partial charge is 0.120 e. The monoisotopic (exact) mass is 610 g/mol. The van der Waals surface area contributed by atoms with Crippen molar-refractivity contribution in [2.24, 2.45) is 22.7 Å². The predicted molar refractivity (Wildman–Crippen MR) is 192 cm³/mol. The first-order valence-corrected chi connectivity index (χ1v) is 17.2. The summed E-state index contributed by atoms with van der Waals surface area (Å²) >= 11 is 0. The Morgan fingerprint density at radius 3 is 1.53 bits per heavy atom. The number of phenolic OH excluding ortho intramolecular Hbond substituents is 1. The highest BCUT2D eigenvalue weighted by Crippen LogP contribution is 2.39. The maximum Gasteiger partial charge on any atom is 0.120 e. The van der Waals surface area contributed by atoms with Crippen LogP contribution in [0.5, 0.6) is 11.5 Å². The van der Waals surface area contributed by atoms with E-state index in [1.165, 1.54) is 60.2 Å². The van der Waals surface area contributed by atoms with E-state index < -0.39 is 0 Å². The number of aryl methyl sites for hydroxylation is 2. The average Bonchev–Trinajstić information content (AvgIpc) is 2.97. The van der Waals surface area contributed by atoms with Crippen molar-refractivity contribution in [2.45, 2.75) is 119 Å². The summed E-state index contributed by atoms with van der Waals surface area (Å²) in [7, 11) is 0. The summed E-state index contributed by atoms with van der Waals surface area (Å²) in [5, 5.41) is 23.5. The van der Waals surface area contributed by atoms with Crippen LogP contribution in [-0.2, 0) is 0 Å². The lowest BCUT2D eigenvalue weighted by Crippen LogP contribution is -2.30. The largest absolute Gasteiger partial charge is 0.508 e. The third kappa shape index (κ3) is 9.97. The predicted octanol–water partition coefficient (Wildman–Crippen LogP) is 11.6. The van der Waals surface area contributed by atoms with Crippen LogP contribution in [0.15, 0.2) is 72.8 Å². The molecule has 0 aromatic heterocycles. The molecule has 0 aliphatic heterocycles. The van der Waals surface area contributed by atoms with Crippen LogP contribution in [0.1, 0.15) is 104 Å². The Hall–Kier alpha value is -3.04. The summed E-state index contributed by atoms with van der Waals surface area (Å²) in [4.78, 5) is 0. The molecule has 0 unspecified atom stereocenters. The molecular formula is C42H58O3. The second-order valence-electron chi connectivity index (χ2n) is 15.8. The summed E-state index contributed by atoms with van der Waals surface area (Å²) in [5.41, 5.74) is 3.30. The Kier molecular flexibility index (Phi) is 11.6. The summed E-state index contributed by atoms with van der Waals surface area (Å²) in [6.07, 6.45) is 9.80. The van der Waals surface area contributed by atoms with E-state index in [9.17, 15) is 10.2 Å². The fraction of sp³-hybridized carbons (Fsp3) is 0.524. The quantitative estimate of drug-likeness (QED) is 0.237. The van der Waals surface area contributed by atoms with Gasteiger partial charge in [-0.25, -0.2) is 0 Å². The van der Waals surface area contributed by atoms with Gasteiger partial charge in [0.2, 0.25) is 0 Å². The van der Waals surface area contributed by atoms with E-state index in [4.69, 9.17) is 4.74 Å². The zero-order valence-electron chi connectivity index (χ0n) is 29.2. The van der Waals surface area contributed by atoms with Crippen molar-refractivity contribution < 1.29 is 14.9 Å². The van der Waals surface area contributed by atoms with E-state index in [1.54, 1.807) is 12.1 Å². The highest BCUT2D eigenvalue weighted by Gasteiger charge is 2.31. The molecular weight excluding hydrogens is 552 g/mol. The van der Waals surface area contributed by atoms with Crippen LogP contribution < -0.4 is 4.74 Å². The Labute approximate surface area is 273 Å². The fourth-order valence-corrected chi connectivity index (χ4v) is 7.20. The average molecular weight is 611 g/mol. The maximum atomic E-state index is 9.31. The first kappa shape index (κ1) is 34.8. The third-order valence-electron chi connectivity index (χ3n) is 10.2.